The molecule has 10 N–H and O–H groups in total. The van der Waals surface area contributed by atoms with Crippen molar-refractivity contribution in [2.75, 3.05) is 0 Å². The molecule has 5 nitrogen and oxygen atoms in total. The zero-order valence-corrected chi connectivity index (χ0v) is 2.50. The maximum Gasteiger partial charge on any atom is 1.00 e. The fraction of sp³-hybridized carbons (Fsp3) is 0. The van der Waals surface area contributed by atoms with Gasteiger partial charge >= 0.3 is 1.43 Å². The summed E-state index contributed by atoms with van der Waals surface area (Å²) in [6, 6.07) is 0. The van der Waals surface area contributed by atoms with Crippen molar-refractivity contribution in [2.24, 2.45) is 0 Å². The first-order valence-electron chi connectivity index (χ1n) is 0. The molecule has 0 aromatic rings. The Morgan fingerprint density at radius 2 is 0.400 bits per heavy atom. The fourth-order valence-corrected chi connectivity index (χ4v) is 0. The Labute approximate surface area is 30.3 Å². The lowest BCUT2D eigenvalue weighted by Gasteiger charge is -0.413. The van der Waals surface area contributed by atoms with Gasteiger partial charge in [-0.2, -0.15) is 0 Å². The summed E-state index contributed by atoms with van der Waals surface area (Å²) < 4.78 is 0. The van der Waals surface area contributed by atoms with E-state index in [0.717, 1.165) is 0 Å². The van der Waals surface area contributed by atoms with Gasteiger partial charge in [0.1, 0.15) is 0 Å². The molecule has 0 aliphatic carbocycles. The van der Waals surface area contributed by atoms with E-state index in [4.69, 9.17) is 0 Å². The Morgan fingerprint density at radius 1 is 0.400 bits per heavy atom. The molecule has 0 radical (unpaired) electrons. The molecule has 0 fully saturated rings. The van der Waals surface area contributed by atoms with E-state index in [2.05, 4.69) is 0 Å². The van der Waals surface area contributed by atoms with E-state index in [0.29, 0.717) is 0 Å². The summed E-state index contributed by atoms with van der Waals surface area (Å²) in [5, 5.41) is 0. The van der Waals surface area contributed by atoms with Crippen LogP contribution in [0.5, 0.6) is 0 Å². The van der Waals surface area contributed by atoms with Crippen LogP contribution in [0.15, 0.2) is 0 Å². The summed E-state index contributed by atoms with van der Waals surface area (Å²) in [7, 11) is 0. The summed E-state index contributed by atoms with van der Waals surface area (Å²) in [5.41, 5.74) is 0. The maximum absolute atomic E-state index is 0. The van der Waals surface area contributed by atoms with Gasteiger partial charge in [0.05, 0.1) is 0 Å². The van der Waals surface area contributed by atoms with Gasteiger partial charge in [-0.3, -0.25) is 0 Å². The second-order valence-corrected chi connectivity index (χ2v) is 0. The molecule has 0 unspecified atom stereocenters. The highest BCUT2D eigenvalue weighted by Crippen LogP contribution is -0.285. The first-order valence-corrected chi connectivity index (χ1v) is 0. The summed E-state index contributed by atoms with van der Waals surface area (Å²) in [6.45, 7) is 0. The molecule has 0 aliphatic heterocycles. The van der Waals surface area contributed by atoms with Crippen molar-refractivity contribution in [3.8, 4) is 0 Å². The Morgan fingerprint density at radius 3 is 0.400 bits per heavy atom. The van der Waals surface area contributed by atoms with Crippen LogP contribution in [0.1, 0.15) is 1.43 Å². The largest absolute Gasteiger partial charge is 1.00 e. The van der Waals surface area contributed by atoms with Crippen LogP contribution in [0.3, 0.4) is 0 Å². The predicted octanol–water partition coefficient (Wildman–Crippen LogP) is -4.01. The molecule has 0 atom stereocenters. The standard InChI is InChI=1S/5H2O/h5*1H2/p+1. The zero-order chi connectivity index (χ0) is 0. The molecule has 5 heavy (non-hydrogen) atoms. The van der Waals surface area contributed by atoms with Crippen molar-refractivity contribution in [1.29, 1.82) is 0 Å². The van der Waals surface area contributed by atoms with E-state index in [-0.39, 0.29) is 28.8 Å². The number of hydrogen-bond acceptors (Lipinski definition) is 0. The molecule has 0 heterocycles. The quantitative estimate of drug-likeness (QED) is 0.284. The maximum atomic E-state index is 0. The van der Waals surface area contributed by atoms with Crippen LogP contribution in [0.4, 0.5) is 0 Å². The van der Waals surface area contributed by atoms with E-state index in [1.54, 1.807) is 0 Å². The molecule has 0 aliphatic rings. The Kier molecular flexibility index (Phi) is 258000. The summed E-state index contributed by atoms with van der Waals surface area (Å²) >= 11 is 0. The van der Waals surface area contributed by atoms with E-state index in [1.165, 1.54) is 0 Å². The second-order valence-electron chi connectivity index (χ2n) is 0. The third kappa shape index (κ3) is 308. The molecule has 0 aromatic carbocycles. The summed E-state index contributed by atoms with van der Waals surface area (Å²) in [5.74, 6) is 0. The minimum Gasteiger partial charge on any atom is -0.412 e. The van der Waals surface area contributed by atoms with Crippen LogP contribution in [0.25, 0.3) is 0 Å². The van der Waals surface area contributed by atoms with Crippen molar-refractivity contribution in [3.63, 3.8) is 0 Å². The first kappa shape index (κ1) is 1730. The van der Waals surface area contributed by atoms with Crippen LogP contribution in [-0.2, 0) is 0 Å². The van der Waals surface area contributed by atoms with Gasteiger partial charge in [0, 0.05) is 0 Å². The Hall–Kier alpha value is -0.200. The fourth-order valence-electron chi connectivity index (χ4n) is 0. The van der Waals surface area contributed by atoms with E-state index in [1.807, 2.05) is 0 Å². The SMILES string of the molecule is O.O.O.O.O.[H+]. The molecule has 40 valence electrons. The molecule has 0 rings (SSSR count). The lowest BCUT2D eigenvalue weighted by molar-refractivity contribution is 0.823. The molecule has 5 heteroatoms. The van der Waals surface area contributed by atoms with E-state index >= 15 is 0 Å². The van der Waals surface area contributed by atoms with Gasteiger partial charge < -0.3 is 27.4 Å². The van der Waals surface area contributed by atoms with Crippen LogP contribution in [0, 0.1) is 0 Å². The monoisotopic (exact) mass is 91.1 g/mol. The second kappa shape index (κ2) is 745. The number of rotatable bonds is 0. The van der Waals surface area contributed by atoms with Crippen molar-refractivity contribution >= 4 is 0 Å². The Balaban J connectivity index is 0. The van der Waals surface area contributed by atoms with Gasteiger partial charge in [-0.25, -0.2) is 0 Å². The molecular formula is H11O5+. The predicted molar refractivity (Wildman–Crippen MR) is 19.2 cm³/mol. The van der Waals surface area contributed by atoms with Crippen molar-refractivity contribution in [1.82, 2.24) is 0 Å². The van der Waals surface area contributed by atoms with Gasteiger partial charge in [-0.15, -0.1) is 0 Å². The van der Waals surface area contributed by atoms with Gasteiger partial charge in [0.15, 0.2) is 0 Å². The highest BCUT2D eigenvalue weighted by atomic mass is 16.0. The average Bonchev–Trinajstić information content (AvgIpc) is 0. The van der Waals surface area contributed by atoms with Crippen molar-refractivity contribution in [2.45, 2.75) is 0 Å². The summed E-state index contributed by atoms with van der Waals surface area (Å²) in [6.07, 6.45) is 0. The third-order valence-electron chi connectivity index (χ3n) is 0. The van der Waals surface area contributed by atoms with Gasteiger partial charge in [-0.05, 0) is 0 Å². The van der Waals surface area contributed by atoms with Crippen LogP contribution in [0.2, 0.25) is 0 Å². The summed E-state index contributed by atoms with van der Waals surface area (Å²) in [4.78, 5) is 0. The third-order valence-corrected chi connectivity index (χ3v) is 0. The minimum atomic E-state index is 0. The molecule has 0 saturated carbocycles. The highest BCUT2D eigenvalue weighted by Gasteiger charge is -0.408. The smallest absolute Gasteiger partial charge is 0.412 e. The molecule has 0 bridgehead atoms. The highest BCUT2D eigenvalue weighted by molar-refractivity contribution is 0.828. The van der Waals surface area contributed by atoms with Gasteiger partial charge in [0.2, 0.25) is 0 Å². The lowest BCUT2D eigenvalue weighted by Crippen LogP contribution is -0.290. The zero-order valence-electron chi connectivity index (χ0n) is 3.50. The lowest BCUT2D eigenvalue weighted by atomic mass is 16.0. The van der Waals surface area contributed by atoms with Crippen LogP contribution < -0.4 is 0 Å². The normalized spacial score (nSPS) is 0. The molecule has 0 amide bonds. The van der Waals surface area contributed by atoms with E-state index < -0.39 is 0 Å². The molecule has 0 saturated heterocycles. The van der Waals surface area contributed by atoms with Crippen molar-refractivity contribution in [3.05, 3.63) is 0 Å². The molecule has 0 spiro atoms. The number of hydrogen-bond donors (Lipinski definition) is 0. The van der Waals surface area contributed by atoms with Crippen LogP contribution in [-0.4, -0.2) is 27.4 Å². The minimum absolute atomic E-state index is 0. The van der Waals surface area contributed by atoms with Gasteiger partial charge in [-0.1, -0.05) is 0 Å². The van der Waals surface area contributed by atoms with Crippen molar-refractivity contribution < 1.29 is 28.8 Å². The van der Waals surface area contributed by atoms with E-state index in [9.17, 15) is 0 Å². The van der Waals surface area contributed by atoms with Gasteiger partial charge in [0.25, 0.3) is 0 Å². The van der Waals surface area contributed by atoms with Crippen LogP contribution >= 0.6 is 0 Å². The topological polar surface area (TPSA) is 158 Å². The molecule has 0 aromatic heterocycles. The Bertz CT molecular complexity index is 3.90. The molecular weight excluding hydrogens is 80.0 g/mol. The first-order chi connectivity index (χ1) is 0. The average molecular weight is 91.1 g/mol.